The lowest BCUT2D eigenvalue weighted by molar-refractivity contribution is 0.338. The van der Waals surface area contributed by atoms with Crippen LogP contribution in [0.15, 0.2) is 53.1 Å². The molecule has 2 aromatic carbocycles. The third-order valence-electron chi connectivity index (χ3n) is 4.04. The van der Waals surface area contributed by atoms with Gasteiger partial charge in [-0.25, -0.2) is 0 Å². The van der Waals surface area contributed by atoms with Crippen LogP contribution in [0.2, 0.25) is 0 Å². The zero-order chi connectivity index (χ0) is 18.8. The molecule has 2 aromatic heterocycles. The number of nitrogen functional groups attached to an aromatic ring is 1. The van der Waals surface area contributed by atoms with E-state index < -0.39 is 0 Å². The number of nitrogens with zero attached hydrogens (tertiary/aromatic N) is 5. The summed E-state index contributed by atoms with van der Waals surface area (Å²) < 4.78 is 12.5. The maximum Gasteiger partial charge on any atom is 0.282 e. The van der Waals surface area contributed by atoms with E-state index in [1.807, 2.05) is 62.4 Å². The van der Waals surface area contributed by atoms with Gasteiger partial charge in [-0.2, -0.15) is 9.67 Å². The van der Waals surface area contributed by atoms with Crippen molar-refractivity contribution in [2.24, 2.45) is 0 Å². The first kappa shape index (κ1) is 16.8. The lowest BCUT2D eigenvalue weighted by atomic mass is 10.1. The molecule has 0 aliphatic rings. The number of aromatic nitrogens is 5. The molecule has 0 atom stereocenters. The van der Waals surface area contributed by atoms with E-state index in [-0.39, 0.29) is 5.89 Å². The molecule has 0 bridgehead atoms. The molecule has 136 valence electrons. The number of aryl methyl sites for hydroxylation is 1. The van der Waals surface area contributed by atoms with Crippen molar-refractivity contribution in [2.45, 2.75) is 13.8 Å². The van der Waals surface area contributed by atoms with Gasteiger partial charge in [-0.3, -0.25) is 0 Å². The van der Waals surface area contributed by atoms with Crippen molar-refractivity contribution in [1.82, 2.24) is 25.1 Å². The van der Waals surface area contributed by atoms with E-state index in [4.69, 9.17) is 15.0 Å². The Balaban J connectivity index is 1.70. The number of hydrogen-bond donors (Lipinski definition) is 1. The molecule has 0 aliphatic carbocycles. The van der Waals surface area contributed by atoms with Crippen LogP contribution in [0.25, 0.3) is 28.7 Å². The second-order valence-corrected chi connectivity index (χ2v) is 5.92. The van der Waals surface area contributed by atoms with Crippen molar-refractivity contribution < 1.29 is 9.26 Å². The quantitative estimate of drug-likeness (QED) is 0.581. The summed E-state index contributed by atoms with van der Waals surface area (Å²) in [4.78, 5) is 4.40. The monoisotopic (exact) mass is 362 g/mol. The molecule has 8 nitrogen and oxygen atoms in total. The summed E-state index contributed by atoms with van der Waals surface area (Å²) >= 11 is 0. The molecule has 27 heavy (non-hydrogen) atoms. The third-order valence-corrected chi connectivity index (χ3v) is 4.04. The predicted molar refractivity (Wildman–Crippen MR) is 100 cm³/mol. The summed E-state index contributed by atoms with van der Waals surface area (Å²) in [5, 5.41) is 12.3. The number of para-hydroxylation sites is 2. The highest BCUT2D eigenvalue weighted by molar-refractivity contribution is 5.67. The molecule has 0 saturated carbocycles. The van der Waals surface area contributed by atoms with E-state index in [0.29, 0.717) is 35.4 Å². The third kappa shape index (κ3) is 3.12. The first-order valence-electron chi connectivity index (χ1n) is 8.52. The Hall–Kier alpha value is -3.68. The minimum Gasteiger partial charge on any atom is -0.492 e. The van der Waals surface area contributed by atoms with Gasteiger partial charge < -0.3 is 15.0 Å². The molecule has 0 unspecified atom stereocenters. The molecular formula is C19H18N6O2. The Bertz CT molecular complexity index is 1070. The van der Waals surface area contributed by atoms with Crippen molar-refractivity contribution in [3.8, 4) is 34.4 Å². The largest absolute Gasteiger partial charge is 0.492 e. The van der Waals surface area contributed by atoms with Crippen molar-refractivity contribution in [3.05, 3.63) is 54.1 Å². The fourth-order valence-corrected chi connectivity index (χ4v) is 2.67. The Morgan fingerprint density at radius 3 is 2.67 bits per heavy atom. The molecule has 0 fully saturated rings. The minimum atomic E-state index is 0.211. The number of hydrogen-bond acceptors (Lipinski definition) is 7. The summed E-state index contributed by atoms with van der Waals surface area (Å²) in [5.74, 6) is 1.63. The van der Waals surface area contributed by atoms with Gasteiger partial charge in [-0.05, 0) is 26.0 Å². The van der Waals surface area contributed by atoms with Crippen molar-refractivity contribution in [1.29, 1.82) is 0 Å². The smallest absolute Gasteiger partial charge is 0.282 e. The standard InChI is InChI=1S/C19H18N6O2/c1-3-26-15-7-5-4-6-14(15)25-17(20)16(22-24-25)19-21-18(23-27-19)13-10-8-12(2)9-11-13/h4-11H,3,20H2,1-2H3. The van der Waals surface area contributed by atoms with Crippen LogP contribution >= 0.6 is 0 Å². The maximum absolute atomic E-state index is 6.25. The highest BCUT2D eigenvalue weighted by Crippen LogP contribution is 2.29. The van der Waals surface area contributed by atoms with E-state index in [1.165, 1.54) is 4.68 Å². The first-order chi connectivity index (χ1) is 13.2. The van der Waals surface area contributed by atoms with Crippen LogP contribution < -0.4 is 10.5 Å². The van der Waals surface area contributed by atoms with Gasteiger partial charge >= 0.3 is 0 Å². The maximum atomic E-state index is 6.25. The first-order valence-corrected chi connectivity index (χ1v) is 8.52. The van der Waals surface area contributed by atoms with Crippen molar-refractivity contribution >= 4 is 5.82 Å². The summed E-state index contributed by atoms with van der Waals surface area (Å²) in [7, 11) is 0. The molecule has 0 radical (unpaired) electrons. The fraction of sp³-hybridized carbons (Fsp3) is 0.158. The lowest BCUT2D eigenvalue weighted by Crippen LogP contribution is -2.05. The molecule has 2 N–H and O–H groups in total. The summed E-state index contributed by atoms with van der Waals surface area (Å²) in [6.07, 6.45) is 0. The van der Waals surface area contributed by atoms with Crippen molar-refractivity contribution in [3.63, 3.8) is 0 Å². The van der Waals surface area contributed by atoms with Gasteiger partial charge in [0.25, 0.3) is 5.89 Å². The second-order valence-electron chi connectivity index (χ2n) is 5.92. The van der Waals surface area contributed by atoms with Crippen LogP contribution in [0.4, 0.5) is 5.82 Å². The zero-order valence-corrected chi connectivity index (χ0v) is 15.0. The Labute approximate surface area is 155 Å². The van der Waals surface area contributed by atoms with E-state index in [0.717, 1.165) is 11.1 Å². The van der Waals surface area contributed by atoms with Gasteiger partial charge in [0.1, 0.15) is 11.4 Å². The van der Waals surface area contributed by atoms with E-state index in [2.05, 4.69) is 20.5 Å². The van der Waals surface area contributed by atoms with Gasteiger partial charge in [0, 0.05) is 5.56 Å². The Morgan fingerprint density at radius 1 is 1.11 bits per heavy atom. The topological polar surface area (TPSA) is 105 Å². The number of ether oxygens (including phenoxy) is 1. The molecule has 4 rings (SSSR count). The lowest BCUT2D eigenvalue weighted by Gasteiger charge is -2.10. The fourth-order valence-electron chi connectivity index (χ4n) is 2.67. The Morgan fingerprint density at radius 2 is 1.89 bits per heavy atom. The van der Waals surface area contributed by atoms with Gasteiger partial charge in [0.2, 0.25) is 5.82 Å². The number of anilines is 1. The second kappa shape index (κ2) is 6.91. The molecule has 0 aliphatic heterocycles. The van der Waals surface area contributed by atoms with Gasteiger partial charge in [0.15, 0.2) is 11.5 Å². The zero-order valence-electron chi connectivity index (χ0n) is 15.0. The highest BCUT2D eigenvalue weighted by Gasteiger charge is 2.21. The van der Waals surface area contributed by atoms with Crippen LogP contribution in [0.3, 0.4) is 0 Å². The molecule has 0 amide bonds. The molecule has 4 aromatic rings. The molecule has 0 saturated heterocycles. The SMILES string of the molecule is CCOc1ccccc1-n1nnc(-c2nc(-c3ccc(C)cc3)no2)c1N. The number of rotatable bonds is 5. The van der Waals surface area contributed by atoms with E-state index in [9.17, 15) is 0 Å². The summed E-state index contributed by atoms with van der Waals surface area (Å²) in [6, 6.07) is 15.3. The summed E-state index contributed by atoms with van der Waals surface area (Å²) in [6.45, 7) is 4.46. The van der Waals surface area contributed by atoms with Crippen molar-refractivity contribution in [2.75, 3.05) is 12.3 Å². The van der Waals surface area contributed by atoms with Crippen LogP contribution in [-0.4, -0.2) is 31.7 Å². The summed E-state index contributed by atoms with van der Waals surface area (Å²) in [5.41, 5.74) is 9.28. The van der Waals surface area contributed by atoms with Gasteiger partial charge in [-0.15, -0.1) is 5.10 Å². The molecule has 2 heterocycles. The normalized spacial score (nSPS) is 10.9. The molecular weight excluding hydrogens is 344 g/mol. The Kier molecular flexibility index (Phi) is 4.29. The molecule has 8 heteroatoms. The van der Waals surface area contributed by atoms with Gasteiger partial charge in [0.05, 0.1) is 6.61 Å². The van der Waals surface area contributed by atoms with Crippen LogP contribution in [0.5, 0.6) is 5.75 Å². The predicted octanol–water partition coefficient (Wildman–Crippen LogP) is 3.27. The average Bonchev–Trinajstić information content (AvgIpc) is 3.30. The van der Waals surface area contributed by atoms with Crippen LogP contribution in [-0.2, 0) is 0 Å². The number of nitrogens with two attached hydrogens (primary N) is 1. The minimum absolute atomic E-state index is 0.211. The highest BCUT2D eigenvalue weighted by atomic mass is 16.5. The molecule has 0 spiro atoms. The van der Waals surface area contributed by atoms with E-state index in [1.54, 1.807) is 0 Å². The number of benzene rings is 2. The van der Waals surface area contributed by atoms with Crippen LogP contribution in [0, 0.1) is 6.92 Å². The van der Waals surface area contributed by atoms with Crippen LogP contribution in [0.1, 0.15) is 12.5 Å². The van der Waals surface area contributed by atoms with E-state index >= 15 is 0 Å². The average molecular weight is 362 g/mol. The van der Waals surface area contributed by atoms with Gasteiger partial charge in [-0.1, -0.05) is 52.3 Å².